The van der Waals surface area contributed by atoms with Crippen LogP contribution in [0.5, 0.6) is 0 Å². The number of benzene rings is 1. The van der Waals surface area contributed by atoms with Crippen molar-refractivity contribution in [3.8, 4) is 0 Å². The summed E-state index contributed by atoms with van der Waals surface area (Å²) in [6.07, 6.45) is 4.46. The molecule has 1 aliphatic rings. The fourth-order valence-electron chi connectivity index (χ4n) is 3.80. The number of nitrogens with one attached hydrogen (secondary N) is 1. The molecule has 0 saturated carbocycles. The molecule has 27 heavy (non-hydrogen) atoms. The number of piperidine rings is 1. The lowest BCUT2D eigenvalue weighted by Crippen LogP contribution is -2.37. The van der Waals surface area contributed by atoms with Crippen LogP contribution in [0.3, 0.4) is 0 Å². The van der Waals surface area contributed by atoms with Gasteiger partial charge in [-0.1, -0.05) is 30.3 Å². The van der Waals surface area contributed by atoms with E-state index >= 15 is 0 Å². The molecule has 1 aromatic heterocycles. The van der Waals surface area contributed by atoms with E-state index in [1.54, 1.807) is 18.0 Å². The molecular weight excluding hydrogens is 340 g/mol. The quantitative estimate of drug-likeness (QED) is 0.776. The third-order valence-corrected chi connectivity index (χ3v) is 5.31. The van der Waals surface area contributed by atoms with Crippen LogP contribution >= 0.6 is 0 Å². The first kappa shape index (κ1) is 19.6. The summed E-state index contributed by atoms with van der Waals surface area (Å²) < 4.78 is 7.07. The number of hydrogen-bond donors (Lipinski definition) is 1. The van der Waals surface area contributed by atoms with Gasteiger partial charge in [-0.15, -0.1) is 0 Å². The summed E-state index contributed by atoms with van der Waals surface area (Å²) in [6.45, 7) is 3.54. The number of amides is 1. The second-order valence-electron chi connectivity index (χ2n) is 7.36. The number of rotatable bonds is 8. The average molecular weight is 370 g/mol. The smallest absolute Gasteiger partial charge is 0.220 e. The minimum absolute atomic E-state index is 0.0970. The van der Waals surface area contributed by atoms with Gasteiger partial charge in [0.1, 0.15) is 0 Å². The van der Waals surface area contributed by atoms with Gasteiger partial charge in [0.25, 0.3) is 0 Å². The molecule has 6 heteroatoms. The molecule has 146 valence electrons. The number of aryl methyl sites for hydroxylation is 1. The highest BCUT2D eigenvalue weighted by Gasteiger charge is 2.24. The second-order valence-corrected chi connectivity index (χ2v) is 7.36. The second kappa shape index (κ2) is 9.67. The van der Waals surface area contributed by atoms with Gasteiger partial charge in [-0.25, -0.2) is 0 Å². The van der Waals surface area contributed by atoms with Crippen LogP contribution in [0.4, 0.5) is 0 Å². The van der Waals surface area contributed by atoms with E-state index in [1.807, 2.05) is 13.1 Å². The van der Waals surface area contributed by atoms with Gasteiger partial charge in [-0.05, 0) is 43.5 Å². The van der Waals surface area contributed by atoms with Crippen molar-refractivity contribution in [2.75, 3.05) is 26.8 Å². The summed E-state index contributed by atoms with van der Waals surface area (Å²) in [4.78, 5) is 15.0. The molecule has 3 rings (SSSR count). The van der Waals surface area contributed by atoms with E-state index < -0.39 is 0 Å². The topological polar surface area (TPSA) is 59.4 Å². The third kappa shape index (κ3) is 5.65. The van der Waals surface area contributed by atoms with E-state index in [-0.39, 0.29) is 11.9 Å². The molecule has 6 nitrogen and oxygen atoms in total. The maximum Gasteiger partial charge on any atom is 0.220 e. The third-order valence-electron chi connectivity index (χ3n) is 5.31. The number of methoxy groups -OCH3 is 1. The zero-order chi connectivity index (χ0) is 19.1. The van der Waals surface area contributed by atoms with Gasteiger partial charge < -0.3 is 10.1 Å². The fraction of sp³-hybridized carbons (Fsp3) is 0.524. The number of aromatic nitrogens is 2. The van der Waals surface area contributed by atoms with Crippen LogP contribution in [0.15, 0.2) is 42.6 Å². The average Bonchev–Trinajstić information content (AvgIpc) is 3.10. The first-order valence-corrected chi connectivity index (χ1v) is 9.68. The molecule has 1 unspecified atom stereocenters. The minimum atomic E-state index is -0.159. The summed E-state index contributed by atoms with van der Waals surface area (Å²) in [5.41, 5.74) is 2.31. The minimum Gasteiger partial charge on any atom is -0.382 e. The van der Waals surface area contributed by atoms with Crippen molar-refractivity contribution in [3.05, 3.63) is 53.9 Å². The van der Waals surface area contributed by atoms with Crippen LogP contribution in [0.1, 0.15) is 36.6 Å². The lowest BCUT2D eigenvalue weighted by Gasteiger charge is -2.32. The number of ether oxygens (including phenoxy) is 1. The summed E-state index contributed by atoms with van der Waals surface area (Å²) in [5.74, 6) is 0.548. The van der Waals surface area contributed by atoms with E-state index in [2.05, 4.69) is 45.6 Å². The van der Waals surface area contributed by atoms with Gasteiger partial charge in [-0.2, -0.15) is 5.10 Å². The molecule has 0 spiro atoms. The predicted octanol–water partition coefficient (Wildman–Crippen LogP) is 2.53. The Bertz CT molecular complexity index is 708. The zero-order valence-corrected chi connectivity index (χ0v) is 16.3. The van der Waals surface area contributed by atoms with Gasteiger partial charge in [0.15, 0.2) is 0 Å². The predicted molar refractivity (Wildman–Crippen MR) is 105 cm³/mol. The standard InChI is InChI=1S/C21H30N4O2/c1-24-20(8-11-22-24)19(16-27-2)23-21(26)14-17-9-12-25(13-10-17)15-18-6-4-3-5-7-18/h3-8,11,17,19H,9-10,12-16H2,1-2H3,(H,23,26). The van der Waals surface area contributed by atoms with E-state index in [0.29, 0.717) is 18.9 Å². The molecule has 1 aromatic carbocycles. The first-order valence-electron chi connectivity index (χ1n) is 9.68. The van der Waals surface area contributed by atoms with Gasteiger partial charge in [0, 0.05) is 33.3 Å². The summed E-state index contributed by atoms with van der Waals surface area (Å²) >= 11 is 0. The van der Waals surface area contributed by atoms with Crippen LogP contribution in [-0.4, -0.2) is 47.4 Å². The van der Waals surface area contributed by atoms with E-state index in [0.717, 1.165) is 38.2 Å². The maximum atomic E-state index is 12.6. The number of nitrogens with zero attached hydrogens (tertiary/aromatic N) is 3. The van der Waals surface area contributed by atoms with Crippen molar-refractivity contribution >= 4 is 5.91 Å². The molecule has 2 aromatic rings. The molecule has 0 aliphatic carbocycles. The largest absolute Gasteiger partial charge is 0.382 e. The van der Waals surface area contributed by atoms with Crippen molar-refractivity contribution in [3.63, 3.8) is 0 Å². The molecule has 1 atom stereocenters. The number of hydrogen-bond acceptors (Lipinski definition) is 4. The Labute approximate surface area is 161 Å². The van der Waals surface area contributed by atoms with E-state index in [1.165, 1.54) is 5.56 Å². The van der Waals surface area contributed by atoms with Crippen molar-refractivity contribution in [2.24, 2.45) is 13.0 Å². The Morgan fingerprint density at radius 2 is 2.00 bits per heavy atom. The number of carbonyl (C=O) groups is 1. The molecule has 2 heterocycles. The molecule has 0 radical (unpaired) electrons. The van der Waals surface area contributed by atoms with Gasteiger partial charge in [0.2, 0.25) is 5.91 Å². The molecule has 1 saturated heterocycles. The zero-order valence-electron chi connectivity index (χ0n) is 16.3. The SMILES string of the molecule is COCC(NC(=O)CC1CCN(Cc2ccccc2)CC1)c1ccnn1C. The van der Waals surface area contributed by atoms with Crippen LogP contribution in [0.2, 0.25) is 0 Å². The van der Waals surface area contributed by atoms with Gasteiger partial charge in [-0.3, -0.25) is 14.4 Å². The molecule has 0 bridgehead atoms. The Hall–Kier alpha value is -2.18. The van der Waals surface area contributed by atoms with E-state index in [9.17, 15) is 4.79 Å². The van der Waals surface area contributed by atoms with Crippen molar-refractivity contribution < 1.29 is 9.53 Å². The van der Waals surface area contributed by atoms with Crippen molar-refractivity contribution in [1.29, 1.82) is 0 Å². The molecular formula is C21H30N4O2. The van der Waals surface area contributed by atoms with Crippen molar-refractivity contribution in [2.45, 2.75) is 31.8 Å². The first-order chi connectivity index (χ1) is 13.2. The highest BCUT2D eigenvalue weighted by Crippen LogP contribution is 2.22. The summed E-state index contributed by atoms with van der Waals surface area (Å²) in [5, 5.41) is 7.31. The molecule has 1 amide bonds. The van der Waals surface area contributed by atoms with Crippen LogP contribution in [0, 0.1) is 5.92 Å². The van der Waals surface area contributed by atoms with Crippen LogP contribution in [-0.2, 0) is 23.1 Å². The molecule has 1 fully saturated rings. The lowest BCUT2D eigenvalue weighted by molar-refractivity contribution is -0.123. The highest BCUT2D eigenvalue weighted by atomic mass is 16.5. The Kier molecular flexibility index (Phi) is 7.01. The van der Waals surface area contributed by atoms with Crippen LogP contribution < -0.4 is 5.32 Å². The summed E-state index contributed by atoms with van der Waals surface area (Å²) in [6, 6.07) is 12.3. The normalized spacial score (nSPS) is 17.0. The summed E-state index contributed by atoms with van der Waals surface area (Å²) in [7, 11) is 3.53. The Morgan fingerprint density at radius 1 is 1.26 bits per heavy atom. The number of carbonyl (C=O) groups excluding carboxylic acids is 1. The highest BCUT2D eigenvalue weighted by molar-refractivity contribution is 5.76. The molecule has 1 N–H and O–H groups in total. The Balaban J connectivity index is 1.45. The van der Waals surface area contributed by atoms with Gasteiger partial charge >= 0.3 is 0 Å². The van der Waals surface area contributed by atoms with Crippen molar-refractivity contribution in [1.82, 2.24) is 20.0 Å². The van der Waals surface area contributed by atoms with Gasteiger partial charge in [0.05, 0.1) is 18.3 Å². The maximum absolute atomic E-state index is 12.6. The van der Waals surface area contributed by atoms with E-state index in [4.69, 9.17) is 4.74 Å². The number of likely N-dealkylation sites (tertiary alicyclic amines) is 1. The lowest BCUT2D eigenvalue weighted by atomic mass is 9.92. The Morgan fingerprint density at radius 3 is 2.63 bits per heavy atom. The monoisotopic (exact) mass is 370 g/mol. The fourth-order valence-corrected chi connectivity index (χ4v) is 3.80. The molecule has 1 aliphatic heterocycles. The van der Waals surface area contributed by atoms with Crippen LogP contribution in [0.25, 0.3) is 0 Å².